The van der Waals surface area contributed by atoms with E-state index in [1.165, 1.54) is 20.3 Å². The summed E-state index contributed by atoms with van der Waals surface area (Å²) in [5.74, 6) is 6.17. The Morgan fingerprint density at radius 1 is 0.737 bits per heavy atom. The van der Waals surface area contributed by atoms with Crippen molar-refractivity contribution in [1.82, 2.24) is 40.4 Å². The molecule has 2 fully saturated rings. The molecule has 2 saturated heterocycles. The number of hydrogen-bond donors (Lipinski definition) is 4. The second-order valence-electron chi connectivity index (χ2n) is 15.3. The molecule has 0 unspecified atom stereocenters. The Morgan fingerprint density at radius 2 is 1.28 bits per heavy atom. The SMILES string of the molecule is COC(=O)N[C@H](C(=O)N1CCC[C@H]1c1nc2c(ccc3cc(C#Cc4cc(F)c5nc([C@@H]6CCCN6C(=O)[C@H](NC(=O)OC)C(C)C)[nH]c5c4)ccc32)[nH]1)C(C)C. The van der Waals surface area contributed by atoms with Crippen LogP contribution in [0.1, 0.15) is 88.2 Å². The number of nitrogens with zero attached hydrogens (tertiary/aromatic N) is 4. The first-order chi connectivity index (χ1) is 27.4. The highest BCUT2D eigenvalue weighted by atomic mass is 19.1. The van der Waals surface area contributed by atoms with Crippen LogP contribution in [0.5, 0.6) is 0 Å². The van der Waals surface area contributed by atoms with Crippen molar-refractivity contribution in [1.29, 1.82) is 0 Å². The average Bonchev–Trinajstić information content (AvgIpc) is 4.02. The molecule has 2 aromatic heterocycles. The molecule has 4 atom stereocenters. The number of rotatable bonds is 8. The van der Waals surface area contributed by atoms with Gasteiger partial charge < -0.3 is 39.9 Å². The van der Waals surface area contributed by atoms with Crippen molar-refractivity contribution in [3.63, 3.8) is 0 Å². The van der Waals surface area contributed by atoms with E-state index in [1.54, 1.807) is 15.9 Å². The molecule has 2 aliphatic heterocycles. The number of aromatic amines is 2. The Labute approximate surface area is 329 Å². The van der Waals surface area contributed by atoms with E-state index in [4.69, 9.17) is 14.5 Å². The summed E-state index contributed by atoms with van der Waals surface area (Å²) in [6, 6.07) is 10.7. The highest BCUT2D eigenvalue weighted by Gasteiger charge is 2.39. The lowest BCUT2D eigenvalue weighted by Gasteiger charge is -2.29. The average molecular weight is 779 g/mol. The van der Waals surface area contributed by atoms with Gasteiger partial charge in [-0.25, -0.2) is 23.9 Å². The van der Waals surface area contributed by atoms with E-state index in [9.17, 15) is 19.2 Å². The van der Waals surface area contributed by atoms with Gasteiger partial charge in [0.1, 0.15) is 29.2 Å². The number of aromatic nitrogens is 4. The van der Waals surface area contributed by atoms with Crippen LogP contribution in [-0.4, -0.2) is 93.1 Å². The zero-order chi connectivity index (χ0) is 40.5. The monoisotopic (exact) mass is 778 g/mol. The second kappa shape index (κ2) is 16.1. The quantitative estimate of drug-likeness (QED) is 0.134. The van der Waals surface area contributed by atoms with Crippen LogP contribution in [-0.2, 0) is 19.1 Å². The summed E-state index contributed by atoms with van der Waals surface area (Å²) in [5, 5.41) is 7.17. The van der Waals surface area contributed by atoms with Gasteiger partial charge in [-0.2, -0.15) is 0 Å². The lowest BCUT2D eigenvalue weighted by Crippen LogP contribution is -2.51. The normalized spacial score (nSPS) is 17.9. The molecule has 7 rings (SSSR count). The predicted octanol–water partition coefficient (Wildman–Crippen LogP) is 6.22. The maximum Gasteiger partial charge on any atom is 0.407 e. The number of ether oxygens (including phenoxy) is 2. The van der Waals surface area contributed by atoms with Crippen molar-refractivity contribution in [2.24, 2.45) is 11.8 Å². The number of fused-ring (bicyclic) bond motifs is 4. The molecule has 0 saturated carbocycles. The number of methoxy groups -OCH3 is 2. The van der Waals surface area contributed by atoms with E-state index in [0.717, 1.165) is 46.6 Å². The van der Waals surface area contributed by atoms with Crippen LogP contribution < -0.4 is 10.6 Å². The molecule has 2 aliphatic rings. The summed E-state index contributed by atoms with van der Waals surface area (Å²) in [6.45, 7) is 8.52. The Kier molecular flexibility index (Phi) is 11.1. The van der Waals surface area contributed by atoms with Crippen molar-refractivity contribution in [3.05, 3.63) is 71.1 Å². The van der Waals surface area contributed by atoms with Gasteiger partial charge in [0, 0.05) is 29.6 Å². The Hall–Kier alpha value is -6.17. The molecule has 5 aromatic rings. The van der Waals surface area contributed by atoms with Crippen LogP contribution in [0.15, 0.2) is 42.5 Å². The maximum absolute atomic E-state index is 15.5. The summed E-state index contributed by atoms with van der Waals surface area (Å²) in [5.41, 5.74) is 3.45. The first kappa shape index (κ1) is 39.1. The van der Waals surface area contributed by atoms with E-state index in [2.05, 4.69) is 37.4 Å². The van der Waals surface area contributed by atoms with Crippen molar-refractivity contribution >= 4 is 56.8 Å². The molecule has 0 spiro atoms. The number of likely N-dealkylation sites (tertiary alicyclic amines) is 2. The van der Waals surface area contributed by atoms with Crippen molar-refractivity contribution in [2.75, 3.05) is 27.3 Å². The number of nitrogens with one attached hydrogen (secondary N) is 4. The van der Waals surface area contributed by atoms with E-state index in [0.29, 0.717) is 42.2 Å². The molecule has 4 heterocycles. The first-order valence-electron chi connectivity index (χ1n) is 19.3. The van der Waals surface area contributed by atoms with Crippen LogP contribution in [0, 0.1) is 29.5 Å². The van der Waals surface area contributed by atoms with Gasteiger partial charge in [0.15, 0.2) is 5.82 Å². The molecule has 0 radical (unpaired) electrons. The van der Waals surface area contributed by atoms with E-state index in [-0.39, 0.29) is 35.2 Å². The van der Waals surface area contributed by atoms with Gasteiger partial charge in [0.2, 0.25) is 11.8 Å². The number of H-pyrrole nitrogens is 2. The molecule has 14 nitrogen and oxygen atoms in total. The van der Waals surface area contributed by atoms with Gasteiger partial charge in [-0.3, -0.25) is 9.59 Å². The third-order valence-electron chi connectivity index (χ3n) is 10.9. The molecule has 3 aromatic carbocycles. The van der Waals surface area contributed by atoms with Gasteiger partial charge in [-0.15, -0.1) is 0 Å². The zero-order valence-electron chi connectivity index (χ0n) is 32.9. The lowest BCUT2D eigenvalue weighted by atomic mass is 10.0. The van der Waals surface area contributed by atoms with Crippen molar-refractivity contribution in [3.8, 4) is 11.8 Å². The highest BCUT2D eigenvalue weighted by molar-refractivity contribution is 6.04. The van der Waals surface area contributed by atoms with Gasteiger partial charge in [0.25, 0.3) is 0 Å². The van der Waals surface area contributed by atoms with Crippen LogP contribution >= 0.6 is 0 Å². The fourth-order valence-corrected chi connectivity index (χ4v) is 7.91. The summed E-state index contributed by atoms with van der Waals surface area (Å²) in [6.07, 6.45) is 1.61. The van der Waals surface area contributed by atoms with Gasteiger partial charge >= 0.3 is 12.2 Å². The standard InChI is InChI=1S/C42H47FN8O6/c1-22(2)33(48-41(54)56-5)39(52)50-17-7-9-31(50)37-44-29-16-14-26-19-24(13-15-27(26)35(29)46-37)11-12-25-20-28(43)36-30(21-25)45-38(47-36)32-10-8-18-51(32)40(53)34(23(3)4)49-42(55)57-6/h13-16,19-23,31-34H,7-10,17-18H2,1-6H3,(H,44,46)(H,45,47)(H,48,54)(H,49,55)/t31-,32-,33-,34+/m0/s1. The minimum atomic E-state index is -0.777. The third kappa shape index (κ3) is 7.81. The van der Waals surface area contributed by atoms with E-state index < -0.39 is 36.1 Å². The minimum absolute atomic E-state index is 0.135. The minimum Gasteiger partial charge on any atom is -0.453 e. The topological polar surface area (TPSA) is 175 Å². The number of alkyl carbamates (subject to hydrolysis) is 2. The Balaban J connectivity index is 1.10. The Bertz CT molecular complexity index is 2430. The Morgan fingerprint density at radius 3 is 1.84 bits per heavy atom. The summed E-state index contributed by atoms with van der Waals surface area (Å²) < 4.78 is 25.0. The number of halogens is 1. The van der Waals surface area contributed by atoms with Gasteiger partial charge in [0.05, 0.1) is 42.9 Å². The summed E-state index contributed by atoms with van der Waals surface area (Å²) in [4.78, 5) is 70.9. The maximum atomic E-state index is 15.5. The van der Waals surface area contributed by atoms with Gasteiger partial charge in [-0.1, -0.05) is 51.7 Å². The predicted molar refractivity (Wildman–Crippen MR) is 211 cm³/mol. The molecule has 4 N–H and O–H groups in total. The second-order valence-corrected chi connectivity index (χ2v) is 15.3. The largest absolute Gasteiger partial charge is 0.453 e. The summed E-state index contributed by atoms with van der Waals surface area (Å²) in [7, 11) is 2.53. The van der Waals surface area contributed by atoms with Crippen LogP contribution in [0.25, 0.3) is 32.8 Å². The van der Waals surface area contributed by atoms with Crippen LogP contribution in [0.3, 0.4) is 0 Å². The number of imidazole rings is 2. The number of hydrogen-bond acceptors (Lipinski definition) is 8. The number of benzene rings is 3. The fourth-order valence-electron chi connectivity index (χ4n) is 7.91. The van der Waals surface area contributed by atoms with E-state index >= 15 is 4.39 Å². The molecule has 298 valence electrons. The molecule has 0 bridgehead atoms. The van der Waals surface area contributed by atoms with Gasteiger partial charge in [-0.05, 0) is 73.2 Å². The third-order valence-corrected chi connectivity index (χ3v) is 10.9. The van der Waals surface area contributed by atoms with Crippen molar-refractivity contribution < 1.29 is 33.0 Å². The van der Waals surface area contributed by atoms with Crippen LogP contribution in [0.4, 0.5) is 14.0 Å². The van der Waals surface area contributed by atoms with Crippen molar-refractivity contribution in [2.45, 2.75) is 77.5 Å². The molecule has 4 amide bonds. The number of amides is 4. The van der Waals surface area contributed by atoms with Crippen LogP contribution in [0.2, 0.25) is 0 Å². The smallest absolute Gasteiger partial charge is 0.407 e. The molecule has 57 heavy (non-hydrogen) atoms. The zero-order valence-corrected chi connectivity index (χ0v) is 32.9. The van der Waals surface area contributed by atoms with E-state index in [1.807, 2.05) is 58.0 Å². The fraction of sp³-hybridized carbons (Fsp3) is 0.429. The first-order valence-corrected chi connectivity index (χ1v) is 19.3. The number of carbonyl (C=O) groups excluding carboxylic acids is 4. The number of carbonyl (C=O) groups is 4. The molecule has 0 aliphatic carbocycles. The highest BCUT2D eigenvalue weighted by Crippen LogP contribution is 2.35. The lowest BCUT2D eigenvalue weighted by molar-refractivity contribution is -0.136. The summed E-state index contributed by atoms with van der Waals surface area (Å²) >= 11 is 0. The molecular formula is C42H47FN8O6. The molecular weight excluding hydrogens is 732 g/mol. The molecule has 15 heteroatoms.